The van der Waals surface area contributed by atoms with E-state index in [2.05, 4.69) is 25.7 Å². The molecule has 6 nitrogen and oxygen atoms in total. The molecule has 3 N–H and O–H groups in total. The summed E-state index contributed by atoms with van der Waals surface area (Å²) in [4.78, 5) is 16.0. The van der Waals surface area contributed by atoms with Gasteiger partial charge < -0.3 is 20.7 Å². The van der Waals surface area contributed by atoms with Crippen molar-refractivity contribution in [3.05, 3.63) is 29.8 Å². The van der Waals surface area contributed by atoms with Gasteiger partial charge in [0, 0.05) is 25.6 Å². The van der Waals surface area contributed by atoms with E-state index in [1.807, 2.05) is 6.92 Å². The summed E-state index contributed by atoms with van der Waals surface area (Å²) in [5.41, 5.74) is 0.761. The number of carbonyl (C=O) groups is 1. The number of halogens is 2. The highest BCUT2D eigenvalue weighted by atomic mass is 19.3. The van der Waals surface area contributed by atoms with Gasteiger partial charge in [-0.2, -0.15) is 8.78 Å². The van der Waals surface area contributed by atoms with Crippen LogP contribution in [0.15, 0.2) is 29.3 Å². The molecule has 1 aliphatic carbocycles. The molecular weight excluding hydrogens is 330 g/mol. The normalized spacial score (nSPS) is 14.3. The highest BCUT2D eigenvalue weighted by molar-refractivity contribution is 5.81. The number of rotatable bonds is 9. The van der Waals surface area contributed by atoms with Crippen LogP contribution in [0.1, 0.15) is 25.3 Å². The third kappa shape index (κ3) is 7.36. The van der Waals surface area contributed by atoms with Gasteiger partial charge in [0.25, 0.3) is 0 Å². The molecule has 1 aliphatic rings. The Morgan fingerprint density at radius 1 is 1.28 bits per heavy atom. The fourth-order valence-corrected chi connectivity index (χ4v) is 2.19. The first-order chi connectivity index (χ1) is 12.1. The quantitative estimate of drug-likeness (QED) is 0.360. The van der Waals surface area contributed by atoms with E-state index in [4.69, 9.17) is 0 Å². The lowest BCUT2D eigenvalue weighted by Crippen LogP contribution is -2.41. The van der Waals surface area contributed by atoms with Crippen molar-refractivity contribution in [2.24, 2.45) is 10.9 Å². The van der Waals surface area contributed by atoms with Crippen LogP contribution in [-0.4, -0.2) is 38.1 Å². The zero-order chi connectivity index (χ0) is 18.1. The number of amides is 1. The summed E-state index contributed by atoms with van der Waals surface area (Å²) in [6.45, 7) is 1.20. The number of guanidine groups is 1. The average Bonchev–Trinajstić information content (AvgIpc) is 3.41. The van der Waals surface area contributed by atoms with E-state index < -0.39 is 6.61 Å². The molecule has 0 spiro atoms. The van der Waals surface area contributed by atoms with Crippen LogP contribution < -0.4 is 20.7 Å². The molecule has 0 radical (unpaired) electrons. The van der Waals surface area contributed by atoms with Gasteiger partial charge in [-0.05, 0) is 37.5 Å². The molecule has 0 aromatic heterocycles. The van der Waals surface area contributed by atoms with Crippen molar-refractivity contribution in [2.75, 3.05) is 19.6 Å². The van der Waals surface area contributed by atoms with Crippen molar-refractivity contribution in [3.63, 3.8) is 0 Å². The number of nitrogens with zero attached hydrogens (tertiary/aromatic N) is 1. The standard InChI is InChI=1S/C17H24F2N4O2/c1-2-20-17(22-9-8-21-15(24)13-6-7-13)23-11-12-4-3-5-14(10-12)25-16(18)19/h3-5,10,13,16H,2,6-9,11H2,1H3,(H,21,24)(H2,20,22,23). The van der Waals surface area contributed by atoms with E-state index in [0.717, 1.165) is 18.4 Å². The first-order valence-corrected chi connectivity index (χ1v) is 8.42. The first kappa shape index (κ1) is 19.0. The molecule has 1 aromatic carbocycles. The largest absolute Gasteiger partial charge is 0.435 e. The van der Waals surface area contributed by atoms with E-state index in [1.54, 1.807) is 12.1 Å². The molecule has 0 unspecified atom stereocenters. The Morgan fingerprint density at radius 3 is 2.72 bits per heavy atom. The maximum Gasteiger partial charge on any atom is 0.387 e. The highest BCUT2D eigenvalue weighted by Crippen LogP contribution is 2.28. The molecule has 138 valence electrons. The van der Waals surface area contributed by atoms with E-state index in [1.165, 1.54) is 12.1 Å². The number of alkyl halides is 2. The van der Waals surface area contributed by atoms with Gasteiger partial charge in [-0.15, -0.1) is 0 Å². The number of aliphatic imine (C=N–C) groups is 1. The minimum absolute atomic E-state index is 0.111. The van der Waals surface area contributed by atoms with Crippen LogP contribution in [0.5, 0.6) is 5.75 Å². The molecule has 1 saturated carbocycles. The maximum atomic E-state index is 12.3. The second-order valence-electron chi connectivity index (χ2n) is 5.71. The highest BCUT2D eigenvalue weighted by Gasteiger charge is 2.28. The van der Waals surface area contributed by atoms with Crippen LogP contribution in [0.4, 0.5) is 8.78 Å². The van der Waals surface area contributed by atoms with Crippen LogP contribution in [0.2, 0.25) is 0 Å². The van der Waals surface area contributed by atoms with Gasteiger partial charge in [0.05, 0.1) is 6.54 Å². The average molecular weight is 354 g/mol. The first-order valence-electron chi connectivity index (χ1n) is 8.42. The van der Waals surface area contributed by atoms with Crippen LogP contribution in [0.25, 0.3) is 0 Å². The zero-order valence-corrected chi connectivity index (χ0v) is 14.2. The fourth-order valence-electron chi connectivity index (χ4n) is 2.19. The van der Waals surface area contributed by atoms with Crippen LogP contribution in [0, 0.1) is 5.92 Å². The lowest BCUT2D eigenvalue weighted by molar-refractivity contribution is -0.122. The minimum Gasteiger partial charge on any atom is -0.435 e. The molecule has 0 heterocycles. The van der Waals surface area contributed by atoms with Crippen molar-refractivity contribution in [2.45, 2.75) is 32.9 Å². The van der Waals surface area contributed by atoms with E-state index in [-0.39, 0.29) is 17.6 Å². The van der Waals surface area contributed by atoms with Gasteiger partial charge in [0.2, 0.25) is 5.91 Å². The van der Waals surface area contributed by atoms with Gasteiger partial charge in [0.1, 0.15) is 5.75 Å². The number of hydrogen-bond donors (Lipinski definition) is 3. The summed E-state index contributed by atoms with van der Waals surface area (Å²) < 4.78 is 28.9. The predicted octanol–water partition coefficient (Wildman–Crippen LogP) is 1.87. The Morgan fingerprint density at radius 2 is 2.04 bits per heavy atom. The Balaban J connectivity index is 1.80. The fraction of sp³-hybridized carbons (Fsp3) is 0.529. The number of hydrogen-bond acceptors (Lipinski definition) is 3. The Labute approximate surface area is 146 Å². The SMILES string of the molecule is CCNC(=NCc1cccc(OC(F)F)c1)NCCNC(=O)C1CC1. The molecule has 0 bridgehead atoms. The van der Waals surface area contributed by atoms with Crippen molar-refractivity contribution in [1.29, 1.82) is 0 Å². The third-order valence-corrected chi connectivity index (χ3v) is 3.55. The summed E-state index contributed by atoms with van der Waals surface area (Å²) in [5, 5.41) is 9.09. The van der Waals surface area contributed by atoms with Crippen LogP contribution in [-0.2, 0) is 11.3 Å². The van der Waals surface area contributed by atoms with Crippen LogP contribution >= 0.6 is 0 Å². The van der Waals surface area contributed by atoms with E-state index in [9.17, 15) is 13.6 Å². The Kier molecular flexibility index (Phi) is 7.43. The lowest BCUT2D eigenvalue weighted by atomic mass is 10.2. The second-order valence-corrected chi connectivity index (χ2v) is 5.71. The van der Waals surface area contributed by atoms with Gasteiger partial charge in [-0.3, -0.25) is 4.79 Å². The number of benzene rings is 1. The molecule has 1 aromatic rings. The van der Waals surface area contributed by atoms with Crippen molar-refractivity contribution in [1.82, 2.24) is 16.0 Å². The van der Waals surface area contributed by atoms with Crippen molar-refractivity contribution < 1.29 is 18.3 Å². The third-order valence-electron chi connectivity index (χ3n) is 3.55. The second kappa shape index (κ2) is 9.80. The molecule has 8 heteroatoms. The predicted molar refractivity (Wildman–Crippen MR) is 91.6 cm³/mol. The van der Waals surface area contributed by atoms with E-state index >= 15 is 0 Å². The zero-order valence-electron chi connectivity index (χ0n) is 14.2. The Bertz CT molecular complexity index is 592. The van der Waals surface area contributed by atoms with Gasteiger partial charge in [0.15, 0.2) is 5.96 Å². The number of ether oxygens (including phenoxy) is 1. The molecule has 2 rings (SSSR count). The Hall–Kier alpha value is -2.38. The van der Waals surface area contributed by atoms with Crippen molar-refractivity contribution in [3.8, 4) is 5.75 Å². The van der Waals surface area contributed by atoms with Crippen molar-refractivity contribution >= 4 is 11.9 Å². The molecule has 0 atom stereocenters. The van der Waals surface area contributed by atoms with Gasteiger partial charge in [-0.25, -0.2) is 4.99 Å². The molecular formula is C17H24F2N4O2. The monoisotopic (exact) mass is 354 g/mol. The molecule has 0 aliphatic heterocycles. The van der Waals surface area contributed by atoms with Crippen LogP contribution in [0.3, 0.4) is 0 Å². The summed E-state index contributed by atoms with van der Waals surface area (Å²) in [6.07, 6.45) is 1.97. The number of nitrogens with one attached hydrogen (secondary N) is 3. The molecule has 1 amide bonds. The lowest BCUT2D eigenvalue weighted by Gasteiger charge is -2.12. The molecule has 25 heavy (non-hydrogen) atoms. The van der Waals surface area contributed by atoms with E-state index in [0.29, 0.717) is 32.1 Å². The molecule has 1 fully saturated rings. The summed E-state index contributed by atoms with van der Waals surface area (Å²) in [5.74, 6) is 1.02. The van der Waals surface area contributed by atoms with Gasteiger partial charge in [-0.1, -0.05) is 12.1 Å². The number of carbonyl (C=O) groups excluding carboxylic acids is 1. The maximum absolute atomic E-state index is 12.3. The summed E-state index contributed by atoms with van der Waals surface area (Å²) >= 11 is 0. The summed E-state index contributed by atoms with van der Waals surface area (Å²) in [6, 6.07) is 6.46. The smallest absolute Gasteiger partial charge is 0.387 e. The topological polar surface area (TPSA) is 74.8 Å². The minimum atomic E-state index is -2.84. The van der Waals surface area contributed by atoms with Gasteiger partial charge >= 0.3 is 6.61 Å². The molecule has 0 saturated heterocycles. The summed E-state index contributed by atoms with van der Waals surface area (Å²) in [7, 11) is 0.